The van der Waals surface area contributed by atoms with Crippen molar-refractivity contribution in [1.29, 1.82) is 0 Å². The highest BCUT2D eigenvalue weighted by molar-refractivity contribution is 8.76. The highest BCUT2D eigenvalue weighted by Crippen LogP contribution is 2.30. The number of carbonyl (C=O) groups excluding carboxylic acids is 10. The molecular formula is C54H98N16O10S2. The second-order valence-electron chi connectivity index (χ2n) is 21.2. The Bertz CT molecular complexity index is 2030. The Balaban J connectivity index is 3.05. The van der Waals surface area contributed by atoms with Gasteiger partial charge in [-0.1, -0.05) is 17.2 Å². The fourth-order valence-electron chi connectivity index (χ4n) is 8.03. The zero-order chi connectivity index (χ0) is 61.4. The van der Waals surface area contributed by atoms with Crippen LogP contribution in [0.2, 0.25) is 0 Å². The molecule has 0 saturated heterocycles. The number of likely N-dealkylation sites (N-methyl/N-ethyl adjacent to an activating group) is 6. The lowest BCUT2D eigenvalue weighted by molar-refractivity contribution is -0.140. The van der Waals surface area contributed by atoms with Crippen LogP contribution in [-0.2, 0) is 43.2 Å². The SMILES string of the molecule is CNCCNC(=O)[C@H](CC(N)=O)N(C)C(=O)CCCCCSSc1ccc(C(=O)N(CCCNC(=O)[C@H](CCCCNC(=O)CN(C)C)NC(=O)CN(C)C)CCCNC(=O)[C@H](CCCCNC(=O)CN(C)C)NC(=O)CN(C)C)cn1. The summed E-state index contributed by atoms with van der Waals surface area (Å²) >= 11 is 0. The van der Waals surface area contributed by atoms with Gasteiger partial charge in [-0.15, -0.1) is 0 Å². The second kappa shape index (κ2) is 44.0. The predicted octanol–water partition coefficient (Wildman–Crippen LogP) is -1.34. The molecule has 0 fully saturated rings. The lowest BCUT2D eigenvalue weighted by Crippen LogP contribution is -2.50. The molecule has 82 heavy (non-hydrogen) atoms. The van der Waals surface area contributed by atoms with Gasteiger partial charge in [0.25, 0.3) is 5.91 Å². The largest absolute Gasteiger partial charge is 0.370 e. The number of carbonyl (C=O) groups is 10. The van der Waals surface area contributed by atoms with Gasteiger partial charge in [0.15, 0.2) is 0 Å². The first-order chi connectivity index (χ1) is 38.9. The Morgan fingerprint density at radius 3 is 1.46 bits per heavy atom. The molecule has 0 spiro atoms. The van der Waals surface area contributed by atoms with Crippen molar-refractivity contribution in [3.8, 4) is 0 Å². The lowest BCUT2D eigenvalue weighted by Gasteiger charge is -2.26. The topological polar surface area (TPSA) is 325 Å². The zero-order valence-corrected chi connectivity index (χ0v) is 52.1. The van der Waals surface area contributed by atoms with E-state index in [-0.39, 0.29) is 112 Å². The molecule has 3 atom stereocenters. The van der Waals surface area contributed by atoms with Crippen LogP contribution in [0.25, 0.3) is 0 Å². The summed E-state index contributed by atoms with van der Waals surface area (Å²) < 4.78 is 0. The summed E-state index contributed by atoms with van der Waals surface area (Å²) in [5.74, 6) is -2.46. The molecule has 0 bridgehead atoms. The van der Waals surface area contributed by atoms with Crippen molar-refractivity contribution >= 4 is 80.7 Å². The maximum atomic E-state index is 14.2. The maximum absolute atomic E-state index is 14.2. The third-order valence-electron chi connectivity index (χ3n) is 12.2. The van der Waals surface area contributed by atoms with Crippen LogP contribution in [0.4, 0.5) is 0 Å². The quantitative estimate of drug-likeness (QED) is 0.0270. The third-order valence-corrected chi connectivity index (χ3v) is 14.6. The molecule has 0 aliphatic carbocycles. The van der Waals surface area contributed by atoms with E-state index in [1.807, 2.05) is 0 Å². The Kier molecular flexibility index (Phi) is 39.9. The Morgan fingerprint density at radius 2 is 1.01 bits per heavy atom. The fourth-order valence-corrected chi connectivity index (χ4v) is 10.0. The van der Waals surface area contributed by atoms with Gasteiger partial charge in [0, 0.05) is 77.8 Å². The molecule has 26 nitrogen and oxygen atoms in total. The minimum absolute atomic E-state index is 0.0919. The van der Waals surface area contributed by atoms with Gasteiger partial charge in [0.1, 0.15) is 23.2 Å². The minimum atomic E-state index is -0.986. The fraction of sp³-hybridized carbons (Fsp3) is 0.722. The Morgan fingerprint density at radius 1 is 0.537 bits per heavy atom. The molecule has 10 amide bonds. The van der Waals surface area contributed by atoms with Gasteiger partial charge >= 0.3 is 0 Å². The van der Waals surface area contributed by atoms with Crippen LogP contribution in [0.5, 0.6) is 0 Å². The molecule has 0 aromatic carbocycles. The van der Waals surface area contributed by atoms with Gasteiger partial charge in [-0.3, -0.25) is 47.9 Å². The first-order valence-corrected chi connectivity index (χ1v) is 30.5. The van der Waals surface area contributed by atoms with Crippen LogP contribution >= 0.6 is 21.6 Å². The van der Waals surface area contributed by atoms with Crippen molar-refractivity contribution in [3.63, 3.8) is 0 Å². The van der Waals surface area contributed by atoms with Crippen LogP contribution in [-0.4, -0.2) is 266 Å². The molecule has 1 heterocycles. The average Bonchev–Trinajstić information content (AvgIpc) is 3.39. The number of rotatable bonds is 46. The molecule has 0 aliphatic rings. The van der Waals surface area contributed by atoms with E-state index >= 15 is 0 Å². The molecule has 1 rings (SSSR count). The summed E-state index contributed by atoms with van der Waals surface area (Å²) in [4.78, 5) is 143. The molecule has 0 radical (unpaired) electrons. The first kappa shape index (κ1) is 74.4. The van der Waals surface area contributed by atoms with E-state index in [4.69, 9.17) is 5.73 Å². The molecular weight excluding hydrogens is 1100 g/mol. The molecule has 0 aliphatic heterocycles. The highest BCUT2D eigenvalue weighted by Gasteiger charge is 2.29. The van der Waals surface area contributed by atoms with E-state index in [1.54, 1.807) is 111 Å². The molecule has 466 valence electrons. The highest BCUT2D eigenvalue weighted by atomic mass is 33.1. The number of nitrogens with two attached hydrogens (primary N) is 1. The number of unbranched alkanes of at least 4 members (excludes halogenated alkanes) is 4. The maximum Gasteiger partial charge on any atom is 0.255 e. The minimum Gasteiger partial charge on any atom is -0.370 e. The van der Waals surface area contributed by atoms with Gasteiger partial charge in [-0.05, 0) is 151 Å². The van der Waals surface area contributed by atoms with Crippen molar-refractivity contribution < 1.29 is 47.9 Å². The van der Waals surface area contributed by atoms with Crippen molar-refractivity contribution in [2.24, 2.45) is 5.73 Å². The number of hydrogen-bond donors (Lipinski definition) is 9. The number of primary amides is 1. The summed E-state index contributed by atoms with van der Waals surface area (Å²) in [6.45, 7) is 3.31. The summed E-state index contributed by atoms with van der Waals surface area (Å²) in [6, 6.07) is 0.851. The summed E-state index contributed by atoms with van der Waals surface area (Å²) in [5, 5.41) is 23.6. The number of aromatic nitrogens is 1. The molecule has 0 unspecified atom stereocenters. The third kappa shape index (κ3) is 36.0. The van der Waals surface area contributed by atoms with Gasteiger partial charge in [0.2, 0.25) is 53.2 Å². The van der Waals surface area contributed by atoms with Crippen LogP contribution in [0.15, 0.2) is 23.4 Å². The van der Waals surface area contributed by atoms with E-state index in [2.05, 4.69) is 47.5 Å². The Hall–Kier alpha value is -5.65. The van der Waals surface area contributed by atoms with E-state index < -0.39 is 29.9 Å². The van der Waals surface area contributed by atoms with E-state index in [0.717, 1.165) is 18.6 Å². The number of hydrogen-bond acceptors (Lipinski definition) is 18. The molecule has 1 aromatic heterocycles. The molecule has 1 aromatic rings. The molecule has 0 saturated carbocycles. The number of nitrogens with one attached hydrogen (secondary N) is 8. The zero-order valence-electron chi connectivity index (χ0n) is 50.5. The van der Waals surface area contributed by atoms with Crippen LogP contribution in [0.1, 0.15) is 93.8 Å². The van der Waals surface area contributed by atoms with Crippen LogP contribution in [0.3, 0.4) is 0 Å². The summed E-state index contributed by atoms with van der Waals surface area (Å²) in [6.07, 6.45) is 7.39. The first-order valence-electron chi connectivity index (χ1n) is 28.2. The van der Waals surface area contributed by atoms with Crippen LogP contribution in [0, 0.1) is 0 Å². The van der Waals surface area contributed by atoms with Gasteiger partial charge in [-0.2, -0.15) is 0 Å². The average molecular weight is 1200 g/mol. The van der Waals surface area contributed by atoms with E-state index in [0.29, 0.717) is 94.6 Å². The number of pyridine rings is 1. The summed E-state index contributed by atoms with van der Waals surface area (Å²) in [7, 11) is 20.5. The lowest BCUT2D eigenvalue weighted by atomic mass is 10.1. The van der Waals surface area contributed by atoms with Gasteiger partial charge in [0.05, 0.1) is 38.2 Å². The van der Waals surface area contributed by atoms with E-state index in [9.17, 15) is 47.9 Å². The monoisotopic (exact) mass is 1190 g/mol. The van der Waals surface area contributed by atoms with Gasteiger partial charge < -0.3 is 77.7 Å². The van der Waals surface area contributed by atoms with Crippen molar-refractivity contribution in [2.45, 2.75) is 107 Å². The van der Waals surface area contributed by atoms with E-state index in [1.165, 1.54) is 28.9 Å². The van der Waals surface area contributed by atoms with Crippen molar-refractivity contribution in [2.75, 3.05) is 155 Å². The summed E-state index contributed by atoms with van der Waals surface area (Å²) in [5.41, 5.74) is 5.72. The smallest absolute Gasteiger partial charge is 0.255 e. The van der Waals surface area contributed by atoms with Gasteiger partial charge in [-0.25, -0.2) is 4.98 Å². The van der Waals surface area contributed by atoms with Crippen molar-refractivity contribution in [1.82, 2.24) is 76.9 Å². The van der Waals surface area contributed by atoms with Crippen molar-refractivity contribution in [3.05, 3.63) is 23.9 Å². The molecule has 10 N–H and O–H groups in total. The normalized spacial score (nSPS) is 12.3. The number of nitrogens with zero attached hydrogens (tertiary/aromatic N) is 7. The standard InChI is InChI=1S/C54H98N16O10S2/c1-56-29-30-61-53(79)43(34-44(55)71)69(10)50(76)22-12-11-17-33-81-82-49-24-23-40(35-62-49)54(80)70(31-18-27-59-51(77)41(63-47(74)38-67(6)7)20-13-15-25-57-45(72)36-65(2)3)32-19-28-60-52(78)42(64-48(75)39-68(8)9)21-14-16-26-58-46(73)37-66(4)5/h23-24,35,41-43,56H,11-22,25-34,36-39H2,1-10H3,(H2,55,71)(H,57,72)(H,58,73)(H,59,77)(H,60,78)(H,61,79)(H,63,74)(H,64,75)/t41-,42-,43-/m0/s1. The number of amides is 10. The second-order valence-corrected chi connectivity index (χ2v) is 23.6. The Labute approximate surface area is 494 Å². The van der Waals surface area contributed by atoms with Crippen LogP contribution < -0.4 is 48.3 Å². The predicted molar refractivity (Wildman–Crippen MR) is 321 cm³/mol. The molecule has 28 heteroatoms.